The molecule has 0 spiro atoms. The summed E-state index contributed by atoms with van der Waals surface area (Å²) in [4.78, 5) is 34.7. The van der Waals surface area contributed by atoms with Crippen molar-refractivity contribution in [2.75, 3.05) is 12.3 Å². The van der Waals surface area contributed by atoms with Gasteiger partial charge in [0.1, 0.15) is 23.5 Å². The zero-order valence-corrected chi connectivity index (χ0v) is 20.8. The van der Waals surface area contributed by atoms with Gasteiger partial charge in [0.05, 0.1) is 30.1 Å². The fourth-order valence-corrected chi connectivity index (χ4v) is 4.82. The fourth-order valence-electron chi connectivity index (χ4n) is 4.03. The van der Waals surface area contributed by atoms with Crippen LogP contribution < -0.4 is 10.0 Å². The Morgan fingerprint density at radius 2 is 2.03 bits per heavy atom. The standard InChI is InChI=1S/C23H31F2N5O4S/c1-4-35(33,34)29-19(12-21(31)30-10-6-5-7-14(30)2)23(32)27-15(3)22-26-13-20(28-22)17-9-8-16(24)11-18(17)25/h8-9,11,13-15,19,29H,4-7,10,12H2,1-3H3,(H,26,28)(H,27,32)/t14-,15?,19?/m0/s1. The Morgan fingerprint density at radius 3 is 2.69 bits per heavy atom. The second kappa shape index (κ2) is 11.3. The van der Waals surface area contributed by atoms with E-state index in [9.17, 15) is 26.8 Å². The monoisotopic (exact) mass is 511 g/mol. The van der Waals surface area contributed by atoms with Crippen LogP contribution in [0, 0.1) is 11.6 Å². The highest BCUT2D eigenvalue weighted by Gasteiger charge is 2.31. The summed E-state index contributed by atoms with van der Waals surface area (Å²) in [5, 5.41) is 2.67. The molecule has 3 rings (SSSR count). The van der Waals surface area contributed by atoms with Gasteiger partial charge in [-0.15, -0.1) is 0 Å². The molecule has 1 aliphatic heterocycles. The quantitative estimate of drug-likeness (QED) is 0.478. The summed E-state index contributed by atoms with van der Waals surface area (Å²) in [6.07, 6.45) is 3.77. The number of amides is 2. The van der Waals surface area contributed by atoms with Crippen molar-refractivity contribution in [3.8, 4) is 11.3 Å². The van der Waals surface area contributed by atoms with Crippen LogP contribution in [0.2, 0.25) is 0 Å². The largest absolute Gasteiger partial charge is 0.345 e. The summed E-state index contributed by atoms with van der Waals surface area (Å²) in [6, 6.07) is 1.16. The highest BCUT2D eigenvalue weighted by atomic mass is 32.2. The lowest BCUT2D eigenvalue weighted by Gasteiger charge is -2.34. The Hall–Kier alpha value is -2.86. The number of rotatable bonds is 9. The van der Waals surface area contributed by atoms with Crippen molar-refractivity contribution in [3.63, 3.8) is 0 Å². The molecular weight excluding hydrogens is 480 g/mol. The summed E-state index contributed by atoms with van der Waals surface area (Å²) in [7, 11) is -3.77. The summed E-state index contributed by atoms with van der Waals surface area (Å²) in [5.74, 6) is -2.41. The first-order valence-corrected chi connectivity index (χ1v) is 13.3. The van der Waals surface area contributed by atoms with Gasteiger partial charge in [0.2, 0.25) is 21.8 Å². The summed E-state index contributed by atoms with van der Waals surface area (Å²) in [5.41, 5.74) is 0.398. The molecule has 1 fully saturated rings. The Labute approximate surface area is 203 Å². The van der Waals surface area contributed by atoms with Crippen molar-refractivity contribution in [1.29, 1.82) is 0 Å². The van der Waals surface area contributed by atoms with Crippen molar-refractivity contribution < 1.29 is 26.8 Å². The van der Waals surface area contributed by atoms with Crippen molar-refractivity contribution >= 4 is 21.8 Å². The highest BCUT2D eigenvalue weighted by Crippen LogP contribution is 2.23. The van der Waals surface area contributed by atoms with E-state index >= 15 is 0 Å². The molecule has 0 saturated carbocycles. The second-order valence-corrected chi connectivity index (χ2v) is 10.8. The maximum atomic E-state index is 14.1. The fraction of sp³-hybridized carbons (Fsp3) is 0.522. The van der Waals surface area contributed by atoms with Gasteiger partial charge in [-0.05, 0) is 52.2 Å². The van der Waals surface area contributed by atoms with Crippen LogP contribution in [0.15, 0.2) is 24.4 Å². The number of carbonyl (C=O) groups excluding carboxylic acids is 2. The first-order valence-electron chi connectivity index (χ1n) is 11.6. The SMILES string of the molecule is CCS(=O)(=O)NC(CC(=O)N1CCCC[C@@H]1C)C(=O)NC(C)c1ncc(-c2ccc(F)cc2F)[nH]1. The molecule has 2 heterocycles. The van der Waals surface area contributed by atoms with Crippen molar-refractivity contribution in [2.45, 2.75) is 64.6 Å². The molecule has 192 valence electrons. The number of halogens is 2. The minimum Gasteiger partial charge on any atom is -0.345 e. The number of hydrogen-bond acceptors (Lipinski definition) is 5. The molecule has 35 heavy (non-hydrogen) atoms. The Morgan fingerprint density at radius 1 is 1.29 bits per heavy atom. The lowest BCUT2D eigenvalue weighted by Crippen LogP contribution is -2.51. The van der Waals surface area contributed by atoms with Crippen LogP contribution in [-0.4, -0.2) is 59.5 Å². The van der Waals surface area contributed by atoms with Gasteiger partial charge in [-0.3, -0.25) is 9.59 Å². The zero-order chi connectivity index (χ0) is 25.8. The van der Waals surface area contributed by atoms with Crippen LogP contribution in [0.3, 0.4) is 0 Å². The number of benzene rings is 1. The van der Waals surface area contributed by atoms with Crippen LogP contribution in [0.5, 0.6) is 0 Å². The second-order valence-electron chi connectivity index (χ2n) is 8.75. The first kappa shape index (κ1) is 26.7. The molecule has 1 aromatic heterocycles. The van der Waals surface area contributed by atoms with Crippen LogP contribution in [-0.2, 0) is 19.6 Å². The molecule has 0 bridgehead atoms. The van der Waals surface area contributed by atoms with Crippen LogP contribution in [0.1, 0.15) is 58.3 Å². The third-order valence-electron chi connectivity index (χ3n) is 6.11. The lowest BCUT2D eigenvalue weighted by molar-refractivity contribution is -0.137. The Kier molecular flexibility index (Phi) is 8.60. The van der Waals surface area contributed by atoms with Gasteiger partial charge < -0.3 is 15.2 Å². The first-order chi connectivity index (χ1) is 16.5. The van der Waals surface area contributed by atoms with Gasteiger partial charge in [0, 0.05) is 24.2 Å². The molecule has 0 radical (unpaired) electrons. The van der Waals surface area contributed by atoms with E-state index in [1.54, 1.807) is 11.8 Å². The number of aromatic nitrogens is 2. The van der Waals surface area contributed by atoms with Crippen molar-refractivity contribution in [1.82, 2.24) is 24.9 Å². The zero-order valence-electron chi connectivity index (χ0n) is 20.0. The number of H-pyrrole nitrogens is 1. The molecule has 12 heteroatoms. The lowest BCUT2D eigenvalue weighted by atomic mass is 10.0. The smallest absolute Gasteiger partial charge is 0.239 e. The van der Waals surface area contributed by atoms with Gasteiger partial charge >= 0.3 is 0 Å². The van der Waals surface area contributed by atoms with Crippen molar-refractivity contribution in [3.05, 3.63) is 41.9 Å². The van der Waals surface area contributed by atoms with E-state index in [2.05, 4.69) is 20.0 Å². The molecule has 2 unspecified atom stereocenters. The van der Waals surface area contributed by atoms with Crippen LogP contribution >= 0.6 is 0 Å². The van der Waals surface area contributed by atoms with Gasteiger partial charge in [0.15, 0.2) is 0 Å². The number of carbonyl (C=O) groups is 2. The number of nitrogens with zero attached hydrogens (tertiary/aromatic N) is 2. The van der Waals surface area contributed by atoms with E-state index in [1.807, 2.05) is 6.92 Å². The molecule has 2 aromatic rings. The van der Waals surface area contributed by atoms with E-state index in [0.29, 0.717) is 6.54 Å². The highest BCUT2D eigenvalue weighted by molar-refractivity contribution is 7.89. The van der Waals surface area contributed by atoms with Crippen LogP contribution in [0.4, 0.5) is 8.78 Å². The number of likely N-dealkylation sites (tertiary alicyclic amines) is 1. The molecule has 1 aliphatic rings. The van der Waals surface area contributed by atoms with E-state index in [0.717, 1.165) is 31.4 Å². The average Bonchev–Trinajstić information content (AvgIpc) is 3.29. The molecule has 9 nitrogen and oxygen atoms in total. The van der Waals surface area contributed by atoms with E-state index in [-0.39, 0.29) is 41.2 Å². The summed E-state index contributed by atoms with van der Waals surface area (Å²) >= 11 is 0. The van der Waals surface area contributed by atoms with Crippen molar-refractivity contribution in [2.24, 2.45) is 0 Å². The summed E-state index contributed by atoms with van der Waals surface area (Å²) < 4.78 is 54.0. The van der Waals surface area contributed by atoms with Crippen LogP contribution in [0.25, 0.3) is 11.3 Å². The number of nitrogens with one attached hydrogen (secondary N) is 3. The predicted octanol–water partition coefficient (Wildman–Crippen LogP) is 2.63. The minimum absolute atomic E-state index is 0.0232. The van der Waals surface area contributed by atoms with E-state index in [4.69, 9.17) is 0 Å². The molecule has 0 aliphatic carbocycles. The molecule has 1 aromatic carbocycles. The average molecular weight is 512 g/mol. The normalized spacial score (nSPS) is 18.2. The molecule has 3 N–H and O–H groups in total. The maximum absolute atomic E-state index is 14.1. The Bertz CT molecular complexity index is 1170. The third-order valence-corrected chi connectivity index (χ3v) is 7.51. The Balaban J connectivity index is 1.73. The van der Waals surface area contributed by atoms with Gasteiger partial charge in [-0.1, -0.05) is 0 Å². The van der Waals surface area contributed by atoms with Gasteiger partial charge in [0.25, 0.3) is 0 Å². The third kappa shape index (κ3) is 6.85. The molecular formula is C23H31F2N5O4S. The molecule has 1 saturated heterocycles. The number of aromatic amines is 1. The topological polar surface area (TPSA) is 124 Å². The van der Waals surface area contributed by atoms with E-state index in [1.165, 1.54) is 19.2 Å². The molecule has 3 atom stereocenters. The molecule has 2 amide bonds. The summed E-state index contributed by atoms with van der Waals surface area (Å²) in [6.45, 7) is 5.55. The minimum atomic E-state index is -3.77. The predicted molar refractivity (Wildman–Crippen MR) is 127 cm³/mol. The number of sulfonamides is 1. The number of piperidine rings is 1. The number of hydrogen-bond donors (Lipinski definition) is 3. The van der Waals surface area contributed by atoms with Gasteiger partial charge in [-0.25, -0.2) is 26.9 Å². The number of imidazole rings is 1. The maximum Gasteiger partial charge on any atom is 0.239 e. The van der Waals surface area contributed by atoms with Gasteiger partial charge in [-0.2, -0.15) is 0 Å². The van der Waals surface area contributed by atoms with E-state index < -0.39 is 39.6 Å².